The van der Waals surface area contributed by atoms with E-state index in [9.17, 15) is 4.79 Å². The van der Waals surface area contributed by atoms with E-state index in [0.29, 0.717) is 12.1 Å². The molecular formula is C27H30N4O. The number of nitrogens with zero attached hydrogens (tertiary/aromatic N) is 4. The van der Waals surface area contributed by atoms with Crippen LogP contribution in [0.5, 0.6) is 0 Å². The van der Waals surface area contributed by atoms with Gasteiger partial charge in [-0.1, -0.05) is 48.0 Å². The molecule has 0 amide bonds. The maximum Gasteiger partial charge on any atom is 0.275 e. The largest absolute Gasteiger partial charge is 0.378 e. The Hall–Kier alpha value is -3.44. The molecule has 0 atom stereocenters. The second kappa shape index (κ2) is 8.97. The summed E-state index contributed by atoms with van der Waals surface area (Å²) < 4.78 is 1.59. The minimum absolute atomic E-state index is 0.0653. The van der Waals surface area contributed by atoms with Gasteiger partial charge in [0.15, 0.2) is 0 Å². The lowest BCUT2D eigenvalue weighted by atomic mass is 9.99. The zero-order chi connectivity index (χ0) is 22.8. The van der Waals surface area contributed by atoms with Crippen LogP contribution in [-0.2, 0) is 13.2 Å². The molecule has 0 bridgehead atoms. The molecule has 0 aliphatic rings. The van der Waals surface area contributed by atoms with Gasteiger partial charge in [-0.15, -0.1) is 0 Å². The SMILES string of the molecule is Cc1ccc(C)c(-c2nn(CN(C)Cc3ccc(N(C)C)cc3)c(=O)c3ccccc23)c1. The first kappa shape index (κ1) is 21.8. The Morgan fingerprint density at radius 1 is 0.875 bits per heavy atom. The lowest BCUT2D eigenvalue weighted by Crippen LogP contribution is -2.32. The third-order valence-corrected chi connectivity index (χ3v) is 5.80. The fourth-order valence-electron chi connectivity index (χ4n) is 4.01. The molecular weight excluding hydrogens is 396 g/mol. The van der Waals surface area contributed by atoms with Gasteiger partial charge in [-0.25, -0.2) is 4.68 Å². The molecule has 0 fully saturated rings. The highest BCUT2D eigenvalue weighted by atomic mass is 16.1. The van der Waals surface area contributed by atoms with Crippen molar-refractivity contribution in [1.82, 2.24) is 14.7 Å². The van der Waals surface area contributed by atoms with Gasteiger partial charge in [0.25, 0.3) is 5.56 Å². The van der Waals surface area contributed by atoms with Crippen LogP contribution in [-0.4, -0.2) is 35.8 Å². The smallest absolute Gasteiger partial charge is 0.275 e. The average Bonchev–Trinajstić information content (AvgIpc) is 2.78. The Labute approximate surface area is 189 Å². The zero-order valence-electron chi connectivity index (χ0n) is 19.5. The summed E-state index contributed by atoms with van der Waals surface area (Å²) in [4.78, 5) is 17.4. The van der Waals surface area contributed by atoms with E-state index >= 15 is 0 Å². The van der Waals surface area contributed by atoms with Gasteiger partial charge in [0.2, 0.25) is 0 Å². The van der Waals surface area contributed by atoms with Gasteiger partial charge in [0.1, 0.15) is 0 Å². The summed E-state index contributed by atoms with van der Waals surface area (Å²) >= 11 is 0. The van der Waals surface area contributed by atoms with E-state index in [1.165, 1.54) is 16.8 Å². The molecule has 1 aromatic heterocycles. The molecule has 4 aromatic rings. The molecule has 5 nitrogen and oxygen atoms in total. The Bertz CT molecular complexity index is 1310. The predicted molar refractivity (Wildman–Crippen MR) is 133 cm³/mol. The summed E-state index contributed by atoms with van der Waals surface area (Å²) in [6, 6.07) is 22.6. The van der Waals surface area contributed by atoms with Crippen molar-refractivity contribution in [2.24, 2.45) is 0 Å². The molecule has 0 saturated carbocycles. The van der Waals surface area contributed by atoms with E-state index in [2.05, 4.69) is 66.1 Å². The van der Waals surface area contributed by atoms with Gasteiger partial charge in [0, 0.05) is 37.3 Å². The number of aryl methyl sites for hydroxylation is 2. The van der Waals surface area contributed by atoms with E-state index < -0.39 is 0 Å². The summed E-state index contributed by atoms with van der Waals surface area (Å²) in [5.74, 6) is 0. The molecule has 3 aromatic carbocycles. The van der Waals surface area contributed by atoms with Crippen LogP contribution in [0.25, 0.3) is 22.0 Å². The predicted octanol–water partition coefficient (Wildman–Crippen LogP) is 4.84. The lowest BCUT2D eigenvalue weighted by molar-refractivity contribution is 0.241. The highest BCUT2D eigenvalue weighted by Crippen LogP contribution is 2.28. The van der Waals surface area contributed by atoms with Crippen LogP contribution in [0.4, 0.5) is 5.69 Å². The molecule has 5 heteroatoms. The number of fused-ring (bicyclic) bond motifs is 1. The molecule has 0 spiro atoms. The van der Waals surface area contributed by atoms with Gasteiger partial charge < -0.3 is 4.90 Å². The molecule has 0 saturated heterocycles. The van der Waals surface area contributed by atoms with Crippen LogP contribution in [0.1, 0.15) is 16.7 Å². The normalized spacial score (nSPS) is 11.3. The first-order valence-electron chi connectivity index (χ1n) is 10.9. The average molecular weight is 427 g/mol. The quantitative estimate of drug-likeness (QED) is 0.443. The van der Waals surface area contributed by atoms with Crippen molar-refractivity contribution in [2.45, 2.75) is 27.1 Å². The van der Waals surface area contributed by atoms with Crippen molar-refractivity contribution in [3.05, 3.63) is 93.8 Å². The number of hydrogen-bond acceptors (Lipinski definition) is 4. The fourth-order valence-corrected chi connectivity index (χ4v) is 4.01. The van der Waals surface area contributed by atoms with E-state index in [-0.39, 0.29) is 5.56 Å². The van der Waals surface area contributed by atoms with Crippen molar-refractivity contribution >= 4 is 16.5 Å². The van der Waals surface area contributed by atoms with Crippen LogP contribution in [0.2, 0.25) is 0 Å². The first-order valence-corrected chi connectivity index (χ1v) is 10.9. The van der Waals surface area contributed by atoms with Gasteiger partial charge in [-0.3, -0.25) is 9.69 Å². The van der Waals surface area contributed by atoms with Crippen molar-refractivity contribution < 1.29 is 0 Å². The summed E-state index contributed by atoms with van der Waals surface area (Å²) in [5, 5.41) is 6.44. The first-order chi connectivity index (χ1) is 15.3. The lowest BCUT2D eigenvalue weighted by Gasteiger charge is -2.20. The summed E-state index contributed by atoms with van der Waals surface area (Å²) in [5.41, 5.74) is 6.54. The number of aromatic nitrogens is 2. The van der Waals surface area contributed by atoms with Crippen molar-refractivity contribution in [1.29, 1.82) is 0 Å². The monoisotopic (exact) mass is 426 g/mol. The molecule has 32 heavy (non-hydrogen) atoms. The molecule has 0 aliphatic heterocycles. The number of benzene rings is 3. The van der Waals surface area contributed by atoms with E-state index in [4.69, 9.17) is 5.10 Å². The Morgan fingerprint density at radius 2 is 1.56 bits per heavy atom. The van der Waals surface area contributed by atoms with Crippen molar-refractivity contribution in [3.63, 3.8) is 0 Å². The highest BCUT2D eigenvalue weighted by molar-refractivity contribution is 5.94. The molecule has 0 unspecified atom stereocenters. The fraction of sp³-hybridized carbons (Fsp3) is 0.259. The third kappa shape index (κ3) is 4.43. The van der Waals surface area contributed by atoms with E-state index in [1.807, 2.05) is 45.4 Å². The van der Waals surface area contributed by atoms with E-state index in [0.717, 1.165) is 28.8 Å². The summed E-state index contributed by atoms with van der Waals surface area (Å²) in [6.07, 6.45) is 0. The van der Waals surface area contributed by atoms with Gasteiger partial charge >= 0.3 is 0 Å². The van der Waals surface area contributed by atoms with Gasteiger partial charge in [0.05, 0.1) is 17.7 Å². The summed E-state index contributed by atoms with van der Waals surface area (Å²) in [7, 11) is 6.08. The minimum atomic E-state index is -0.0653. The summed E-state index contributed by atoms with van der Waals surface area (Å²) in [6.45, 7) is 5.31. The Morgan fingerprint density at radius 3 is 2.25 bits per heavy atom. The van der Waals surface area contributed by atoms with Gasteiger partial charge in [-0.05, 0) is 56.3 Å². The standard InChI is InChI=1S/C27H30N4O/c1-19-10-11-20(2)25(16-19)26-23-8-6-7-9-24(23)27(32)31(28-26)18-30(5)17-21-12-14-22(15-13-21)29(3)4/h6-16H,17-18H2,1-5H3. The second-order valence-electron chi connectivity index (χ2n) is 8.73. The van der Waals surface area contributed by atoms with Crippen LogP contribution in [0.3, 0.4) is 0 Å². The zero-order valence-corrected chi connectivity index (χ0v) is 19.5. The third-order valence-electron chi connectivity index (χ3n) is 5.80. The highest BCUT2D eigenvalue weighted by Gasteiger charge is 2.15. The van der Waals surface area contributed by atoms with Crippen LogP contribution < -0.4 is 10.5 Å². The topological polar surface area (TPSA) is 41.4 Å². The molecule has 4 rings (SSSR count). The van der Waals surface area contributed by atoms with Gasteiger partial charge in [-0.2, -0.15) is 5.10 Å². The second-order valence-corrected chi connectivity index (χ2v) is 8.73. The van der Waals surface area contributed by atoms with Crippen molar-refractivity contribution in [3.8, 4) is 11.3 Å². The number of rotatable bonds is 6. The Kier molecular flexibility index (Phi) is 6.10. The molecule has 0 N–H and O–H groups in total. The maximum atomic E-state index is 13.2. The Balaban J connectivity index is 1.70. The number of hydrogen-bond donors (Lipinski definition) is 0. The van der Waals surface area contributed by atoms with Crippen LogP contribution in [0.15, 0.2) is 71.5 Å². The molecule has 0 radical (unpaired) electrons. The van der Waals surface area contributed by atoms with E-state index in [1.54, 1.807) is 4.68 Å². The molecule has 1 heterocycles. The molecule has 0 aliphatic carbocycles. The minimum Gasteiger partial charge on any atom is -0.378 e. The molecule has 164 valence electrons. The maximum absolute atomic E-state index is 13.2. The van der Waals surface area contributed by atoms with Crippen molar-refractivity contribution in [2.75, 3.05) is 26.0 Å². The van der Waals surface area contributed by atoms with Crippen LogP contribution in [0, 0.1) is 13.8 Å². The number of anilines is 1. The van der Waals surface area contributed by atoms with Crippen LogP contribution >= 0.6 is 0 Å².